The molecule has 1 N–H and O–H groups in total. The van der Waals surface area contributed by atoms with Crippen LogP contribution in [0.1, 0.15) is 16.7 Å². The molecule has 4 aromatic rings. The Morgan fingerprint density at radius 1 is 0.912 bits per heavy atom. The van der Waals surface area contributed by atoms with Gasteiger partial charge in [-0.05, 0) is 65.1 Å². The highest BCUT2D eigenvalue weighted by atomic mass is 35.5. The zero-order valence-electron chi connectivity index (χ0n) is 18.5. The Morgan fingerprint density at radius 3 is 2.41 bits per heavy atom. The molecule has 5 rings (SSSR count). The number of amides is 1. The first kappa shape index (κ1) is 22.6. The van der Waals surface area contributed by atoms with Crippen LogP contribution in [-0.2, 0) is 27.8 Å². The monoisotopic (exact) mass is 490 g/mol. The van der Waals surface area contributed by atoms with E-state index >= 15 is 0 Å². The first-order valence-corrected chi connectivity index (χ1v) is 12.8. The fourth-order valence-electron chi connectivity index (χ4n) is 4.38. The molecular formula is C27H23ClN2O3S. The summed E-state index contributed by atoms with van der Waals surface area (Å²) in [7, 11) is -3.95. The first-order valence-electron chi connectivity index (χ1n) is 11.0. The number of sulfonamides is 1. The van der Waals surface area contributed by atoms with Crippen molar-refractivity contribution in [2.45, 2.75) is 30.8 Å². The molecule has 0 fully saturated rings. The number of rotatable bonds is 4. The third-order valence-electron chi connectivity index (χ3n) is 6.29. The van der Waals surface area contributed by atoms with Gasteiger partial charge in [-0.1, -0.05) is 72.3 Å². The summed E-state index contributed by atoms with van der Waals surface area (Å²) in [5.41, 5.74) is 3.28. The van der Waals surface area contributed by atoms with Crippen molar-refractivity contribution in [2.75, 3.05) is 5.32 Å². The molecular weight excluding hydrogens is 468 g/mol. The molecule has 0 radical (unpaired) electrons. The molecule has 0 saturated carbocycles. The molecule has 0 saturated heterocycles. The highest BCUT2D eigenvalue weighted by molar-refractivity contribution is 7.89. The molecule has 0 aliphatic carbocycles. The van der Waals surface area contributed by atoms with Crippen LogP contribution < -0.4 is 5.32 Å². The van der Waals surface area contributed by atoms with E-state index in [1.54, 1.807) is 30.3 Å². The Labute approximate surface area is 204 Å². The lowest BCUT2D eigenvalue weighted by molar-refractivity contribution is -0.120. The number of halogens is 1. The number of nitrogens with zero attached hydrogens (tertiary/aromatic N) is 1. The van der Waals surface area contributed by atoms with Crippen LogP contribution in [0.25, 0.3) is 10.8 Å². The van der Waals surface area contributed by atoms with Crippen LogP contribution in [0.15, 0.2) is 89.8 Å². The second-order valence-corrected chi connectivity index (χ2v) is 10.8. The van der Waals surface area contributed by atoms with Crippen molar-refractivity contribution in [3.63, 3.8) is 0 Å². The standard InChI is InChI=1S/C27H23ClN2O3S/c1-18-10-12-23(28)16-25(18)29-27(31)26-15-21-8-4-5-9-22(21)17-30(26)34(32,33)24-13-11-19-6-2-3-7-20(19)14-24/h2-14,16,26H,15,17H2,1H3,(H,29,31). The SMILES string of the molecule is Cc1ccc(Cl)cc1NC(=O)C1Cc2ccccc2CN1S(=O)(=O)c1ccc2ccccc2c1. The lowest BCUT2D eigenvalue weighted by Crippen LogP contribution is -2.50. The van der Waals surface area contributed by atoms with Crippen LogP contribution in [-0.4, -0.2) is 24.7 Å². The van der Waals surface area contributed by atoms with Gasteiger partial charge in [0.25, 0.3) is 0 Å². The molecule has 1 amide bonds. The van der Waals surface area contributed by atoms with E-state index in [0.717, 1.165) is 27.5 Å². The number of nitrogens with one attached hydrogen (secondary N) is 1. The average Bonchev–Trinajstić information content (AvgIpc) is 2.85. The Morgan fingerprint density at radius 2 is 1.62 bits per heavy atom. The van der Waals surface area contributed by atoms with E-state index < -0.39 is 16.1 Å². The molecule has 5 nitrogen and oxygen atoms in total. The molecule has 4 aromatic carbocycles. The van der Waals surface area contributed by atoms with Crippen LogP contribution in [0.2, 0.25) is 5.02 Å². The van der Waals surface area contributed by atoms with Crippen molar-refractivity contribution >= 4 is 44.0 Å². The maximum Gasteiger partial charge on any atom is 0.244 e. The van der Waals surface area contributed by atoms with Gasteiger partial charge < -0.3 is 5.32 Å². The molecule has 34 heavy (non-hydrogen) atoms. The molecule has 1 aliphatic heterocycles. The summed E-state index contributed by atoms with van der Waals surface area (Å²) in [5.74, 6) is -0.385. The van der Waals surface area contributed by atoms with Crippen LogP contribution in [0.3, 0.4) is 0 Å². The minimum atomic E-state index is -3.95. The summed E-state index contributed by atoms with van der Waals surface area (Å²) in [6.45, 7) is 1.99. The van der Waals surface area contributed by atoms with E-state index in [2.05, 4.69) is 5.32 Å². The van der Waals surface area contributed by atoms with Gasteiger partial charge in [0.2, 0.25) is 15.9 Å². The van der Waals surface area contributed by atoms with E-state index in [-0.39, 0.29) is 23.8 Å². The van der Waals surface area contributed by atoms with Crippen molar-refractivity contribution in [2.24, 2.45) is 0 Å². The van der Waals surface area contributed by atoms with E-state index in [9.17, 15) is 13.2 Å². The first-order chi connectivity index (χ1) is 16.3. The molecule has 1 aliphatic rings. The van der Waals surface area contributed by atoms with Gasteiger partial charge in [0.05, 0.1) is 4.90 Å². The van der Waals surface area contributed by atoms with E-state index in [4.69, 9.17) is 11.6 Å². The summed E-state index contributed by atoms with van der Waals surface area (Å²) in [5, 5.41) is 5.19. The predicted octanol–water partition coefficient (Wildman–Crippen LogP) is 5.56. The Kier molecular flexibility index (Phi) is 5.90. The minimum Gasteiger partial charge on any atom is -0.324 e. The zero-order chi connectivity index (χ0) is 23.9. The van der Waals surface area contributed by atoms with Crippen molar-refractivity contribution in [3.05, 3.63) is 107 Å². The maximum absolute atomic E-state index is 13.9. The summed E-state index contributed by atoms with van der Waals surface area (Å²) in [6, 6.07) is 24.7. The highest BCUT2D eigenvalue weighted by Crippen LogP contribution is 2.31. The second-order valence-electron chi connectivity index (χ2n) is 8.50. The summed E-state index contributed by atoms with van der Waals surface area (Å²) in [6.07, 6.45) is 0.286. The molecule has 172 valence electrons. The average molecular weight is 491 g/mol. The number of fused-ring (bicyclic) bond motifs is 2. The van der Waals surface area contributed by atoms with Crippen molar-refractivity contribution in [1.82, 2.24) is 4.31 Å². The number of hydrogen-bond acceptors (Lipinski definition) is 3. The Hall–Kier alpha value is -3.19. The molecule has 1 atom stereocenters. The normalized spacial score (nSPS) is 16.2. The Bertz CT molecular complexity index is 1520. The maximum atomic E-state index is 13.9. The number of anilines is 1. The van der Waals surface area contributed by atoms with Crippen molar-refractivity contribution < 1.29 is 13.2 Å². The summed E-state index contributed by atoms with van der Waals surface area (Å²) < 4.78 is 29.0. The van der Waals surface area contributed by atoms with Gasteiger partial charge in [0, 0.05) is 17.3 Å². The van der Waals surface area contributed by atoms with E-state index in [1.165, 1.54) is 4.31 Å². The lowest BCUT2D eigenvalue weighted by atomic mass is 9.95. The third-order valence-corrected chi connectivity index (χ3v) is 8.38. The number of aryl methyl sites for hydroxylation is 1. The number of benzene rings is 4. The fraction of sp³-hybridized carbons (Fsp3) is 0.148. The third kappa shape index (κ3) is 4.20. The van der Waals surface area contributed by atoms with Gasteiger partial charge in [0.15, 0.2) is 0 Å². The molecule has 1 heterocycles. The molecule has 0 bridgehead atoms. The van der Waals surface area contributed by atoms with Crippen LogP contribution in [0.5, 0.6) is 0 Å². The van der Waals surface area contributed by atoms with E-state index in [1.807, 2.05) is 61.5 Å². The van der Waals surface area contributed by atoms with Crippen LogP contribution in [0.4, 0.5) is 5.69 Å². The quantitative estimate of drug-likeness (QED) is 0.407. The van der Waals surface area contributed by atoms with Crippen LogP contribution in [0, 0.1) is 6.92 Å². The highest BCUT2D eigenvalue weighted by Gasteiger charge is 2.39. The predicted molar refractivity (Wildman–Crippen MR) is 135 cm³/mol. The minimum absolute atomic E-state index is 0.123. The largest absolute Gasteiger partial charge is 0.324 e. The molecule has 1 unspecified atom stereocenters. The fourth-order valence-corrected chi connectivity index (χ4v) is 6.16. The molecule has 0 spiro atoms. The zero-order valence-corrected chi connectivity index (χ0v) is 20.1. The lowest BCUT2D eigenvalue weighted by Gasteiger charge is -2.35. The van der Waals surface area contributed by atoms with Crippen molar-refractivity contribution in [3.8, 4) is 0 Å². The number of carbonyl (C=O) groups excluding carboxylic acids is 1. The molecule has 0 aromatic heterocycles. The van der Waals surface area contributed by atoms with E-state index in [0.29, 0.717) is 10.7 Å². The van der Waals surface area contributed by atoms with Gasteiger partial charge in [-0.15, -0.1) is 0 Å². The van der Waals surface area contributed by atoms with Gasteiger partial charge in [-0.3, -0.25) is 4.79 Å². The Balaban J connectivity index is 1.55. The van der Waals surface area contributed by atoms with Gasteiger partial charge in [-0.25, -0.2) is 8.42 Å². The number of carbonyl (C=O) groups is 1. The second kappa shape index (κ2) is 8.87. The smallest absolute Gasteiger partial charge is 0.244 e. The van der Waals surface area contributed by atoms with Gasteiger partial charge >= 0.3 is 0 Å². The number of hydrogen-bond donors (Lipinski definition) is 1. The summed E-state index contributed by atoms with van der Waals surface area (Å²) >= 11 is 6.12. The summed E-state index contributed by atoms with van der Waals surface area (Å²) in [4.78, 5) is 13.7. The molecule has 7 heteroatoms. The van der Waals surface area contributed by atoms with Crippen molar-refractivity contribution in [1.29, 1.82) is 0 Å². The van der Waals surface area contributed by atoms with Gasteiger partial charge in [0.1, 0.15) is 6.04 Å². The van der Waals surface area contributed by atoms with Crippen LogP contribution >= 0.6 is 11.6 Å². The topological polar surface area (TPSA) is 66.5 Å². The van der Waals surface area contributed by atoms with Gasteiger partial charge in [-0.2, -0.15) is 4.31 Å².